The summed E-state index contributed by atoms with van der Waals surface area (Å²) >= 11 is 3.07. The Morgan fingerprint density at radius 2 is 1.70 bits per heavy atom. The van der Waals surface area contributed by atoms with Crippen LogP contribution in [-0.4, -0.2) is 4.92 Å². The van der Waals surface area contributed by atoms with E-state index in [9.17, 15) is 23.3 Å². The summed E-state index contributed by atoms with van der Waals surface area (Å²) in [5, 5.41) is 13.3. The molecule has 0 spiro atoms. The minimum atomic E-state index is -1.64. The van der Waals surface area contributed by atoms with Gasteiger partial charge in [-0.25, -0.2) is 13.2 Å². The van der Waals surface area contributed by atoms with E-state index in [1.54, 1.807) is 0 Å². The fraction of sp³-hybridized carbons (Fsp3) is 0. The Labute approximate surface area is 119 Å². The molecule has 8 heteroatoms. The number of hydrogen-bond acceptors (Lipinski definition) is 3. The molecule has 20 heavy (non-hydrogen) atoms. The van der Waals surface area contributed by atoms with Crippen molar-refractivity contribution in [2.24, 2.45) is 0 Å². The number of nitrogens with one attached hydrogen (secondary N) is 1. The van der Waals surface area contributed by atoms with Crippen LogP contribution in [0, 0.1) is 27.6 Å². The monoisotopic (exact) mass is 346 g/mol. The lowest BCUT2D eigenvalue weighted by Gasteiger charge is -2.09. The highest BCUT2D eigenvalue weighted by molar-refractivity contribution is 9.10. The second-order valence-corrected chi connectivity index (χ2v) is 4.68. The van der Waals surface area contributed by atoms with Crippen LogP contribution in [0.3, 0.4) is 0 Å². The summed E-state index contributed by atoms with van der Waals surface area (Å²) in [7, 11) is 0. The first kappa shape index (κ1) is 14.3. The van der Waals surface area contributed by atoms with Gasteiger partial charge in [-0.3, -0.25) is 10.1 Å². The Hall–Kier alpha value is -2.09. The van der Waals surface area contributed by atoms with E-state index in [1.165, 1.54) is 18.2 Å². The highest BCUT2D eigenvalue weighted by atomic mass is 79.9. The number of halogens is 4. The van der Waals surface area contributed by atoms with Crippen LogP contribution >= 0.6 is 15.9 Å². The van der Waals surface area contributed by atoms with Gasteiger partial charge in [-0.2, -0.15) is 0 Å². The molecular formula is C12H6BrF3N2O2. The summed E-state index contributed by atoms with van der Waals surface area (Å²) in [6.07, 6.45) is 0. The fourth-order valence-corrected chi connectivity index (χ4v) is 1.88. The highest BCUT2D eigenvalue weighted by Crippen LogP contribution is 2.32. The summed E-state index contributed by atoms with van der Waals surface area (Å²) < 4.78 is 39.8. The number of nitro benzene ring substituents is 1. The molecule has 0 radical (unpaired) electrons. The van der Waals surface area contributed by atoms with Crippen molar-refractivity contribution in [2.75, 3.05) is 5.32 Å². The first-order chi connectivity index (χ1) is 9.40. The number of anilines is 2. The number of hydrogen-bond donors (Lipinski definition) is 1. The lowest BCUT2D eigenvalue weighted by Crippen LogP contribution is -2.01. The van der Waals surface area contributed by atoms with Crippen molar-refractivity contribution in [3.05, 3.63) is 62.4 Å². The van der Waals surface area contributed by atoms with E-state index in [0.717, 1.165) is 12.1 Å². The van der Waals surface area contributed by atoms with E-state index < -0.39 is 28.1 Å². The number of benzene rings is 2. The van der Waals surface area contributed by atoms with Crippen molar-refractivity contribution in [2.45, 2.75) is 0 Å². The Kier molecular flexibility index (Phi) is 3.93. The van der Waals surface area contributed by atoms with Crippen molar-refractivity contribution in [1.29, 1.82) is 0 Å². The van der Waals surface area contributed by atoms with Gasteiger partial charge in [0.15, 0.2) is 17.5 Å². The van der Waals surface area contributed by atoms with Crippen LogP contribution < -0.4 is 5.32 Å². The summed E-state index contributed by atoms with van der Waals surface area (Å²) in [5.41, 5.74) is -0.763. The van der Waals surface area contributed by atoms with Gasteiger partial charge in [0, 0.05) is 10.5 Å². The molecule has 0 aromatic heterocycles. The van der Waals surface area contributed by atoms with Crippen LogP contribution in [0.15, 0.2) is 34.8 Å². The molecule has 4 nitrogen and oxygen atoms in total. The van der Waals surface area contributed by atoms with E-state index in [4.69, 9.17) is 0 Å². The molecule has 0 heterocycles. The first-order valence-corrected chi connectivity index (χ1v) is 6.04. The average Bonchev–Trinajstić information content (AvgIpc) is 2.41. The Morgan fingerprint density at radius 3 is 2.35 bits per heavy atom. The molecule has 0 aliphatic carbocycles. The molecule has 0 fully saturated rings. The zero-order valence-electron chi connectivity index (χ0n) is 9.66. The fourth-order valence-electron chi connectivity index (χ4n) is 1.53. The van der Waals surface area contributed by atoms with Crippen molar-refractivity contribution in [3.8, 4) is 0 Å². The second kappa shape index (κ2) is 5.49. The molecule has 2 aromatic rings. The lowest BCUT2D eigenvalue weighted by atomic mass is 10.2. The minimum Gasteiger partial charge on any atom is -0.347 e. The van der Waals surface area contributed by atoms with Gasteiger partial charge in [-0.15, -0.1) is 0 Å². The third kappa shape index (κ3) is 2.74. The summed E-state index contributed by atoms with van der Waals surface area (Å²) in [6, 6.07) is 5.71. The molecule has 0 aliphatic rings. The Bertz CT molecular complexity index is 695. The molecule has 0 saturated heterocycles. The largest absolute Gasteiger partial charge is 0.347 e. The van der Waals surface area contributed by atoms with Gasteiger partial charge in [-0.05, 0) is 24.3 Å². The second-order valence-electron chi connectivity index (χ2n) is 3.77. The molecule has 0 bridgehead atoms. The van der Waals surface area contributed by atoms with Gasteiger partial charge < -0.3 is 5.32 Å². The van der Waals surface area contributed by atoms with E-state index in [2.05, 4.69) is 21.2 Å². The molecule has 0 amide bonds. The van der Waals surface area contributed by atoms with Crippen molar-refractivity contribution >= 4 is 33.0 Å². The zero-order valence-corrected chi connectivity index (χ0v) is 11.2. The number of rotatable bonds is 3. The molecule has 0 aliphatic heterocycles. The normalized spacial score (nSPS) is 10.4. The maximum absolute atomic E-state index is 13.5. The quantitative estimate of drug-likeness (QED) is 0.505. The van der Waals surface area contributed by atoms with Gasteiger partial charge in [0.05, 0.1) is 10.6 Å². The van der Waals surface area contributed by atoms with Gasteiger partial charge in [0.2, 0.25) is 0 Å². The molecule has 2 aromatic carbocycles. The van der Waals surface area contributed by atoms with Gasteiger partial charge in [0.25, 0.3) is 5.69 Å². The van der Waals surface area contributed by atoms with E-state index in [-0.39, 0.29) is 11.4 Å². The summed E-state index contributed by atoms with van der Waals surface area (Å²) in [6.45, 7) is 0. The Balaban J connectivity index is 2.45. The van der Waals surface area contributed by atoms with E-state index >= 15 is 0 Å². The van der Waals surface area contributed by atoms with Gasteiger partial charge >= 0.3 is 0 Å². The van der Waals surface area contributed by atoms with E-state index in [1.807, 2.05) is 0 Å². The molecule has 0 atom stereocenters. The molecule has 2 rings (SSSR count). The molecule has 104 valence electrons. The summed E-state index contributed by atoms with van der Waals surface area (Å²) in [5.74, 6) is -4.42. The van der Waals surface area contributed by atoms with Gasteiger partial charge in [0.1, 0.15) is 5.69 Å². The van der Waals surface area contributed by atoms with Crippen LogP contribution in [0.4, 0.5) is 30.2 Å². The molecular weight excluding hydrogens is 341 g/mol. The van der Waals surface area contributed by atoms with E-state index in [0.29, 0.717) is 4.47 Å². The third-order valence-corrected chi connectivity index (χ3v) is 2.95. The topological polar surface area (TPSA) is 55.2 Å². The third-order valence-electron chi connectivity index (χ3n) is 2.46. The van der Waals surface area contributed by atoms with Crippen LogP contribution in [0.5, 0.6) is 0 Å². The van der Waals surface area contributed by atoms with Crippen molar-refractivity contribution < 1.29 is 18.1 Å². The predicted molar refractivity (Wildman–Crippen MR) is 70.4 cm³/mol. The zero-order chi connectivity index (χ0) is 14.9. The highest BCUT2D eigenvalue weighted by Gasteiger charge is 2.18. The standard InChI is InChI=1S/C12H6BrF3N2O2/c13-6-1-3-8(10(5-6)18(19)20)17-9-4-2-7(14)11(15)12(9)16/h1-5,17H. The number of nitrogens with zero attached hydrogens (tertiary/aromatic N) is 1. The molecule has 0 unspecified atom stereocenters. The van der Waals surface area contributed by atoms with Gasteiger partial charge in [-0.1, -0.05) is 15.9 Å². The molecule has 0 saturated carbocycles. The minimum absolute atomic E-state index is 0.0388. The maximum atomic E-state index is 13.5. The smallest absolute Gasteiger partial charge is 0.293 e. The molecule has 1 N–H and O–H groups in total. The van der Waals surface area contributed by atoms with Crippen LogP contribution in [0.25, 0.3) is 0 Å². The SMILES string of the molecule is O=[N+]([O-])c1cc(Br)ccc1Nc1ccc(F)c(F)c1F. The Morgan fingerprint density at radius 1 is 1.05 bits per heavy atom. The predicted octanol–water partition coefficient (Wildman–Crippen LogP) is 4.52. The summed E-state index contributed by atoms with van der Waals surface area (Å²) in [4.78, 5) is 10.2. The van der Waals surface area contributed by atoms with Crippen LogP contribution in [0.1, 0.15) is 0 Å². The average molecular weight is 347 g/mol. The maximum Gasteiger partial charge on any atom is 0.293 e. The van der Waals surface area contributed by atoms with Crippen molar-refractivity contribution in [3.63, 3.8) is 0 Å². The first-order valence-electron chi connectivity index (χ1n) is 5.24. The van der Waals surface area contributed by atoms with Crippen molar-refractivity contribution in [1.82, 2.24) is 0 Å². The number of nitro groups is 1. The lowest BCUT2D eigenvalue weighted by molar-refractivity contribution is -0.384. The van der Waals surface area contributed by atoms with Crippen LogP contribution in [-0.2, 0) is 0 Å². The van der Waals surface area contributed by atoms with Crippen LogP contribution in [0.2, 0.25) is 0 Å².